The van der Waals surface area contributed by atoms with E-state index in [9.17, 15) is 4.79 Å². The maximum Gasteiger partial charge on any atom is 0.410 e. The van der Waals surface area contributed by atoms with E-state index in [2.05, 4.69) is 0 Å². The summed E-state index contributed by atoms with van der Waals surface area (Å²) in [6, 6.07) is 10.3. The summed E-state index contributed by atoms with van der Waals surface area (Å²) in [6.07, 6.45) is 4.74. The van der Waals surface area contributed by atoms with E-state index in [4.69, 9.17) is 4.74 Å². The molecule has 96 valence electrons. The number of benzene rings is 1. The van der Waals surface area contributed by atoms with Gasteiger partial charge in [0.15, 0.2) is 0 Å². The first-order valence-electron chi connectivity index (χ1n) is 6.80. The minimum atomic E-state index is -0.131. The third-order valence-electron chi connectivity index (χ3n) is 4.09. The van der Waals surface area contributed by atoms with Gasteiger partial charge >= 0.3 is 6.09 Å². The van der Waals surface area contributed by atoms with Crippen molar-refractivity contribution in [3.8, 4) is 0 Å². The number of ether oxygens (including phenoxy) is 1. The molecule has 1 aromatic rings. The Kier molecular flexibility index (Phi) is 3.22. The van der Waals surface area contributed by atoms with Gasteiger partial charge in [0.1, 0.15) is 6.61 Å². The summed E-state index contributed by atoms with van der Waals surface area (Å²) in [6.45, 7) is 1.28. The Bertz CT molecular complexity index is 418. The van der Waals surface area contributed by atoms with Gasteiger partial charge < -0.3 is 9.64 Å². The van der Waals surface area contributed by atoms with E-state index < -0.39 is 0 Å². The second-order valence-corrected chi connectivity index (χ2v) is 5.38. The molecule has 1 saturated heterocycles. The van der Waals surface area contributed by atoms with Crippen molar-refractivity contribution >= 4 is 6.09 Å². The fourth-order valence-corrected chi connectivity index (χ4v) is 3.16. The van der Waals surface area contributed by atoms with Crippen molar-refractivity contribution in [2.75, 3.05) is 6.54 Å². The zero-order chi connectivity index (χ0) is 12.4. The highest BCUT2D eigenvalue weighted by Gasteiger charge is 2.38. The summed E-state index contributed by atoms with van der Waals surface area (Å²) in [7, 11) is 0. The van der Waals surface area contributed by atoms with Gasteiger partial charge in [0.2, 0.25) is 0 Å². The Hall–Kier alpha value is -1.51. The molecule has 0 unspecified atom stereocenters. The van der Waals surface area contributed by atoms with E-state index >= 15 is 0 Å². The minimum absolute atomic E-state index is 0.131. The molecule has 2 atom stereocenters. The Morgan fingerprint density at radius 1 is 1.28 bits per heavy atom. The average Bonchev–Trinajstić information content (AvgIpc) is 2.72. The van der Waals surface area contributed by atoms with Gasteiger partial charge in [-0.15, -0.1) is 0 Å². The molecule has 1 aliphatic heterocycles. The fourth-order valence-electron chi connectivity index (χ4n) is 3.16. The summed E-state index contributed by atoms with van der Waals surface area (Å²) >= 11 is 0. The smallest absolute Gasteiger partial charge is 0.410 e. The lowest BCUT2D eigenvalue weighted by atomic mass is 9.91. The topological polar surface area (TPSA) is 29.5 Å². The molecule has 3 heteroatoms. The lowest BCUT2D eigenvalue weighted by Crippen LogP contribution is -2.35. The number of likely N-dealkylation sites (tertiary alicyclic amines) is 1. The molecule has 1 saturated carbocycles. The van der Waals surface area contributed by atoms with Gasteiger partial charge in [0.25, 0.3) is 0 Å². The lowest BCUT2D eigenvalue weighted by molar-refractivity contribution is 0.0914. The first kappa shape index (κ1) is 11.6. The van der Waals surface area contributed by atoms with E-state index in [1.54, 1.807) is 0 Å². The van der Waals surface area contributed by atoms with Gasteiger partial charge in [0.05, 0.1) is 0 Å². The minimum Gasteiger partial charge on any atom is -0.445 e. The quantitative estimate of drug-likeness (QED) is 0.800. The van der Waals surface area contributed by atoms with Gasteiger partial charge in [-0.25, -0.2) is 4.79 Å². The van der Waals surface area contributed by atoms with Crippen molar-refractivity contribution in [1.29, 1.82) is 0 Å². The fraction of sp³-hybridized carbons (Fsp3) is 0.533. The van der Waals surface area contributed by atoms with E-state index in [-0.39, 0.29) is 6.09 Å². The molecule has 0 radical (unpaired) electrons. The molecule has 1 amide bonds. The van der Waals surface area contributed by atoms with E-state index in [1.165, 1.54) is 19.3 Å². The second-order valence-electron chi connectivity index (χ2n) is 5.38. The highest BCUT2D eigenvalue weighted by Crippen LogP contribution is 2.35. The molecule has 3 nitrogen and oxygen atoms in total. The number of rotatable bonds is 2. The van der Waals surface area contributed by atoms with E-state index in [0.717, 1.165) is 18.5 Å². The Morgan fingerprint density at radius 2 is 2.11 bits per heavy atom. The largest absolute Gasteiger partial charge is 0.445 e. The van der Waals surface area contributed by atoms with Crippen molar-refractivity contribution in [2.45, 2.75) is 38.3 Å². The standard InChI is InChI=1S/C15H19NO2/c17-15(18-11-12-5-2-1-3-6-12)16-10-13-7-4-8-14(16)9-13/h1-3,5-6,13-14H,4,7-11H2/t13-,14+/m1/s1. The molecule has 18 heavy (non-hydrogen) atoms. The molecule has 0 spiro atoms. The van der Waals surface area contributed by atoms with Crippen LogP contribution in [0.2, 0.25) is 0 Å². The van der Waals surface area contributed by atoms with Crippen LogP contribution < -0.4 is 0 Å². The highest BCUT2D eigenvalue weighted by molar-refractivity contribution is 5.68. The maximum atomic E-state index is 12.1. The lowest BCUT2D eigenvalue weighted by Gasteiger charge is -2.23. The number of fused-ring (bicyclic) bond motifs is 2. The van der Waals surface area contributed by atoms with Crippen molar-refractivity contribution in [2.24, 2.45) is 5.92 Å². The van der Waals surface area contributed by atoms with Crippen LogP contribution in [0.25, 0.3) is 0 Å². The number of hydrogen-bond donors (Lipinski definition) is 0. The summed E-state index contributed by atoms with van der Waals surface area (Å²) in [4.78, 5) is 14.0. The highest BCUT2D eigenvalue weighted by atomic mass is 16.6. The van der Waals surface area contributed by atoms with Crippen LogP contribution >= 0.6 is 0 Å². The van der Waals surface area contributed by atoms with E-state index in [1.807, 2.05) is 35.2 Å². The predicted octanol–water partition coefficient (Wildman–Crippen LogP) is 3.20. The zero-order valence-electron chi connectivity index (χ0n) is 10.5. The SMILES string of the molecule is O=C(OCc1ccccc1)N1C[C@@H]2CCC[C@H]1C2. The van der Waals surface area contributed by atoms with Crippen LogP contribution in [0.15, 0.2) is 30.3 Å². The number of nitrogens with zero attached hydrogens (tertiary/aromatic N) is 1. The van der Waals surface area contributed by atoms with Crippen LogP contribution in [-0.2, 0) is 11.3 Å². The number of amides is 1. The molecule has 2 aliphatic rings. The first-order chi connectivity index (χ1) is 8.83. The van der Waals surface area contributed by atoms with Crippen molar-refractivity contribution in [1.82, 2.24) is 4.90 Å². The summed E-state index contributed by atoms with van der Waals surface area (Å²) in [5.74, 6) is 0.716. The maximum absolute atomic E-state index is 12.1. The molecule has 3 rings (SSSR count). The molecule has 0 aromatic heterocycles. The monoisotopic (exact) mass is 245 g/mol. The Balaban J connectivity index is 1.56. The van der Waals surface area contributed by atoms with Crippen LogP contribution in [-0.4, -0.2) is 23.6 Å². The molecular formula is C15H19NO2. The van der Waals surface area contributed by atoms with Gasteiger partial charge in [-0.05, 0) is 30.7 Å². The molecule has 1 aromatic carbocycles. The normalized spacial score (nSPS) is 26.1. The molecule has 1 heterocycles. The van der Waals surface area contributed by atoms with Crippen LogP contribution in [0, 0.1) is 5.92 Å². The molecular weight excluding hydrogens is 226 g/mol. The van der Waals surface area contributed by atoms with Crippen molar-refractivity contribution in [3.63, 3.8) is 0 Å². The second kappa shape index (κ2) is 5.01. The number of hydrogen-bond acceptors (Lipinski definition) is 2. The average molecular weight is 245 g/mol. The third-order valence-corrected chi connectivity index (χ3v) is 4.09. The predicted molar refractivity (Wildman–Crippen MR) is 69.1 cm³/mol. The van der Waals surface area contributed by atoms with Gasteiger partial charge in [-0.3, -0.25) is 0 Å². The summed E-state index contributed by atoms with van der Waals surface area (Å²) < 4.78 is 5.41. The molecule has 2 bridgehead atoms. The van der Waals surface area contributed by atoms with Gasteiger partial charge in [-0.1, -0.05) is 36.8 Å². The Labute approximate surface area is 108 Å². The van der Waals surface area contributed by atoms with Crippen molar-refractivity contribution < 1.29 is 9.53 Å². The van der Waals surface area contributed by atoms with Crippen LogP contribution in [0.5, 0.6) is 0 Å². The van der Waals surface area contributed by atoms with Crippen LogP contribution in [0.4, 0.5) is 4.79 Å². The van der Waals surface area contributed by atoms with Gasteiger partial charge in [-0.2, -0.15) is 0 Å². The number of carbonyl (C=O) groups is 1. The zero-order valence-corrected chi connectivity index (χ0v) is 10.5. The summed E-state index contributed by atoms with van der Waals surface area (Å²) in [5, 5.41) is 0. The third kappa shape index (κ3) is 2.35. The molecule has 2 fully saturated rings. The molecule has 1 aliphatic carbocycles. The van der Waals surface area contributed by atoms with Gasteiger partial charge in [0, 0.05) is 12.6 Å². The van der Waals surface area contributed by atoms with E-state index in [0.29, 0.717) is 18.6 Å². The first-order valence-corrected chi connectivity index (χ1v) is 6.80. The van der Waals surface area contributed by atoms with Crippen LogP contribution in [0.3, 0.4) is 0 Å². The summed E-state index contributed by atoms with van der Waals surface area (Å²) in [5.41, 5.74) is 1.05. The Morgan fingerprint density at radius 3 is 2.89 bits per heavy atom. The number of carbonyl (C=O) groups excluding carboxylic acids is 1. The van der Waals surface area contributed by atoms with Crippen molar-refractivity contribution in [3.05, 3.63) is 35.9 Å². The molecule has 0 N–H and O–H groups in total. The van der Waals surface area contributed by atoms with Crippen LogP contribution in [0.1, 0.15) is 31.2 Å².